The Labute approximate surface area is 164 Å². The van der Waals surface area contributed by atoms with Gasteiger partial charge in [-0.15, -0.1) is 0 Å². The number of carbonyl (C=O) groups is 1. The molecule has 2 aromatic heterocycles. The SMILES string of the molecule is CCn1nccc1CN(C)C(=O)c1cccc(Cn2nc(C)c(Cl)c2C)c1. The molecule has 2 heterocycles. The smallest absolute Gasteiger partial charge is 0.253 e. The van der Waals surface area contributed by atoms with Gasteiger partial charge in [0.2, 0.25) is 0 Å². The van der Waals surface area contributed by atoms with Gasteiger partial charge in [0.1, 0.15) is 0 Å². The summed E-state index contributed by atoms with van der Waals surface area (Å²) in [6.45, 7) is 7.75. The fraction of sp³-hybridized carbons (Fsp3) is 0.350. The van der Waals surface area contributed by atoms with Crippen LogP contribution in [0.5, 0.6) is 0 Å². The van der Waals surface area contributed by atoms with Crippen LogP contribution in [0.4, 0.5) is 0 Å². The highest BCUT2D eigenvalue weighted by atomic mass is 35.5. The monoisotopic (exact) mass is 385 g/mol. The summed E-state index contributed by atoms with van der Waals surface area (Å²) in [5.41, 5.74) is 4.42. The molecule has 6 nitrogen and oxygen atoms in total. The summed E-state index contributed by atoms with van der Waals surface area (Å²) in [6, 6.07) is 9.59. The van der Waals surface area contributed by atoms with Crippen LogP contribution in [0.2, 0.25) is 5.02 Å². The normalized spacial score (nSPS) is 11.0. The van der Waals surface area contributed by atoms with E-state index in [1.54, 1.807) is 11.1 Å². The number of halogens is 1. The number of aryl methyl sites for hydroxylation is 2. The molecule has 0 bridgehead atoms. The van der Waals surface area contributed by atoms with Crippen molar-refractivity contribution in [2.45, 2.75) is 40.4 Å². The van der Waals surface area contributed by atoms with E-state index in [2.05, 4.69) is 10.2 Å². The third-order valence-corrected chi connectivity index (χ3v) is 5.20. The summed E-state index contributed by atoms with van der Waals surface area (Å²) in [6.07, 6.45) is 1.76. The highest BCUT2D eigenvalue weighted by Gasteiger charge is 2.15. The molecule has 0 saturated carbocycles. The minimum absolute atomic E-state index is 0.0212. The zero-order chi connectivity index (χ0) is 19.6. The van der Waals surface area contributed by atoms with E-state index in [1.165, 1.54) is 0 Å². The minimum Gasteiger partial charge on any atom is -0.336 e. The Morgan fingerprint density at radius 1 is 1.22 bits per heavy atom. The van der Waals surface area contributed by atoms with Gasteiger partial charge in [-0.05, 0) is 44.5 Å². The number of benzene rings is 1. The van der Waals surface area contributed by atoms with Gasteiger partial charge in [-0.25, -0.2) is 0 Å². The molecule has 1 aromatic carbocycles. The molecule has 0 spiro atoms. The van der Waals surface area contributed by atoms with E-state index < -0.39 is 0 Å². The van der Waals surface area contributed by atoms with E-state index in [4.69, 9.17) is 11.6 Å². The lowest BCUT2D eigenvalue weighted by Crippen LogP contribution is -2.27. The van der Waals surface area contributed by atoms with Crippen molar-refractivity contribution in [3.63, 3.8) is 0 Å². The van der Waals surface area contributed by atoms with Gasteiger partial charge in [0, 0.05) is 25.4 Å². The largest absolute Gasteiger partial charge is 0.336 e. The highest BCUT2D eigenvalue weighted by Crippen LogP contribution is 2.20. The van der Waals surface area contributed by atoms with Crippen molar-refractivity contribution < 1.29 is 4.79 Å². The predicted molar refractivity (Wildman–Crippen MR) is 106 cm³/mol. The van der Waals surface area contributed by atoms with Gasteiger partial charge < -0.3 is 4.90 Å². The minimum atomic E-state index is -0.0212. The van der Waals surface area contributed by atoms with Crippen LogP contribution in [0.15, 0.2) is 36.5 Å². The molecule has 1 amide bonds. The second kappa shape index (κ2) is 7.96. The predicted octanol–water partition coefficient (Wildman–Crippen LogP) is 3.69. The molecule has 0 N–H and O–H groups in total. The number of amides is 1. The van der Waals surface area contributed by atoms with Gasteiger partial charge in [-0.1, -0.05) is 23.7 Å². The molecule has 142 valence electrons. The maximum atomic E-state index is 12.9. The molecular weight excluding hydrogens is 362 g/mol. The second-order valence-corrected chi connectivity index (χ2v) is 7.02. The quantitative estimate of drug-likeness (QED) is 0.650. The Kier molecular flexibility index (Phi) is 5.65. The van der Waals surface area contributed by atoms with Crippen LogP contribution >= 0.6 is 11.6 Å². The lowest BCUT2D eigenvalue weighted by atomic mass is 10.1. The lowest BCUT2D eigenvalue weighted by molar-refractivity contribution is 0.0781. The first-order valence-electron chi connectivity index (χ1n) is 8.95. The van der Waals surface area contributed by atoms with Crippen molar-refractivity contribution in [1.82, 2.24) is 24.5 Å². The fourth-order valence-electron chi connectivity index (χ4n) is 3.12. The number of hydrogen-bond donors (Lipinski definition) is 0. The second-order valence-electron chi connectivity index (χ2n) is 6.64. The first-order chi connectivity index (χ1) is 12.9. The molecule has 0 radical (unpaired) electrons. The van der Waals surface area contributed by atoms with Gasteiger partial charge in [0.25, 0.3) is 5.91 Å². The van der Waals surface area contributed by atoms with Gasteiger partial charge in [0.15, 0.2) is 0 Å². The van der Waals surface area contributed by atoms with Crippen LogP contribution < -0.4 is 0 Å². The van der Waals surface area contributed by atoms with Crippen molar-refractivity contribution >= 4 is 17.5 Å². The standard InChI is InChI=1S/C20H24ClN5O/c1-5-25-18(9-10-22-25)13-24(4)20(27)17-8-6-7-16(11-17)12-26-15(3)19(21)14(2)23-26/h6-11H,5,12-13H2,1-4H3. The van der Waals surface area contributed by atoms with Crippen LogP contribution in [-0.4, -0.2) is 37.4 Å². The fourth-order valence-corrected chi connectivity index (χ4v) is 3.25. The molecule has 0 unspecified atom stereocenters. The molecule has 7 heteroatoms. The van der Waals surface area contributed by atoms with Crippen LogP contribution in [0.25, 0.3) is 0 Å². The third-order valence-electron chi connectivity index (χ3n) is 4.65. The first-order valence-corrected chi connectivity index (χ1v) is 9.33. The molecule has 0 fully saturated rings. The number of nitrogens with zero attached hydrogens (tertiary/aromatic N) is 5. The van der Waals surface area contributed by atoms with Crippen LogP contribution in [0.3, 0.4) is 0 Å². The first kappa shape index (κ1) is 19.2. The Balaban J connectivity index is 1.76. The molecule has 0 atom stereocenters. The van der Waals surface area contributed by atoms with Gasteiger partial charge in [-0.3, -0.25) is 14.2 Å². The van der Waals surface area contributed by atoms with Crippen molar-refractivity contribution in [3.8, 4) is 0 Å². The van der Waals surface area contributed by atoms with Crippen molar-refractivity contribution in [1.29, 1.82) is 0 Å². The van der Waals surface area contributed by atoms with Crippen molar-refractivity contribution in [2.75, 3.05) is 7.05 Å². The molecule has 0 saturated heterocycles. The van der Waals surface area contributed by atoms with E-state index >= 15 is 0 Å². The zero-order valence-corrected chi connectivity index (χ0v) is 16.9. The number of carbonyl (C=O) groups excluding carboxylic acids is 1. The molecule has 3 aromatic rings. The summed E-state index contributed by atoms with van der Waals surface area (Å²) in [5.74, 6) is -0.0212. The third kappa shape index (κ3) is 4.06. The highest BCUT2D eigenvalue weighted by molar-refractivity contribution is 6.31. The van der Waals surface area contributed by atoms with Crippen molar-refractivity contribution in [3.05, 3.63) is 69.8 Å². The topological polar surface area (TPSA) is 56.0 Å². The van der Waals surface area contributed by atoms with Crippen LogP contribution in [0, 0.1) is 13.8 Å². The summed E-state index contributed by atoms with van der Waals surface area (Å²) in [5, 5.41) is 9.41. The average Bonchev–Trinajstić information content (AvgIpc) is 3.21. The summed E-state index contributed by atoms with van der Waals surface area (Å²) in [7, 11) is 1.81. The van der Waals surface area contributed by atoms with E-state index in [1.807, 2.05) is 67.5 Å². The lowest BCUT2D eigenvalue weighted by Gasteiger charge is -2.18. The Hall–Kier alpha value is -2.60. The van der Waals surface area contributed by atoms with E-state index in [-0.39, 0.29) is 5.91 Å². The number of aromatic nitrogens is 4. The molecular formula is C20H24ClN5O. The molecule has 27 heavy (non-hydrogen) atoms. The Morgan fingerprint density at radius 3 is 2.67 bits per heavy atom. The molecule has 0 aliphatic carbocycles. The van der Waals surface area contributed by atoms with E-state index in [0.717, 1.165) is 29.2 Å². The molecule has 0 aliphatic heterocycles. The summed E-state index contributed by atoms with van der Waals surface area (Å²) in [4.78, 5) is 14.6. The molecule has 0 aliphatic rings. The maximum absolute atomic E-state index is 12.9. The summed E-state index contributed by atoms with van der Waals surface area (Å²) >= 11 is 6.23. The summed E-state index contributed by atoms with van der Waals surface area (Å²) < 4.78 is 3.76. The van der Waals surface area contributed by atoms with Crippen molar-refractivity contribution in [2.24, 2.45) is 0 Å². The maximum Gasteiger partial charge on any atom is 0.253 e. The zero-order valence-electron chi connectivity index (χ0n) is 16.1. The van der Waals surface area contributed by atoms with E-state index in [9.17, 15) is 4.79 Å². The van der Waals surface area contributed by atoms with Crippen LogP contribution in [0.1, 0.15) is 39.9 Å². The van der Waals surface area contributed by atoms with E-state index in [0.29, 0.717) is 23.7 Å². The molecule has 3 rings (SSSR count). The Morgan fingerprint density at radius 2 is 2.00 bits per heavy atom. The van der Waals surface area contributed by atoms with Gasteiger partial charge >= 0.3 is 0 Å². The Bertz CT molecular complexity index is 959. The number of hydrogen-bond acceptors (Lipinski definition) is 3. The van der Waals surface area contributed by atoms with Gasteiger partial charge in [0.05, 0.1) is 35.2 Å². The number of rotatable bonds is 6. The van der Waals surface area contributed by atoms with Crippen LogP contribution in [-0.2, 0) is 19.6 Å². The average molecular weight is 386 g/mol. The van der Waals surface area contributed by atoms with Gasteiger partial charge in [-0.2, -0.15) is 10.2 Å².